The molecule has 240 valence electrons. The number of ether oxygens (including phenoxy) is 2. The second kappa shape index (κ2) is 20.7. The van der Waals surface area contributed by atoms with Crippen molar-refractivity contribution >= 4 is 0 Å². The van der Waals surface area contributed by atoms with Gasteiger partial charge in [-0.3, -0.25) is 0 Å². The lowest BCUT2D eigenvalue weighted by atomic mass is 9.99. The van der Waals surface area contributed by atoms with Gasteiger partial charge in [0.1, 0.15) is 0 Å². The van der Waals surface area contributed by atoms with E-state index in [4.69, 9.17) is 9.47 Å². The first-order chi connectivity index (χ1) is 20.4. The molecule has 0 aliphatic rings. The second-order valence-corrected chi connectivity index (χ2v) is 12.3. The zero-order valence-electron chi connectivity index (χ0n) is 29.0. The van der Waals surface area contributed by atoms with Gasteiger partial charge in [0, 0.05) is 11.1 Å². The van der Waals surface area contributed by atoms with Crippen LogP contribution >= 0.6 is 0 Å². The first-order valence-electron chi connectivity index (χ1n) is 16.0. The summed E-state index contributed by atoms with van der Waals surface area (Å²) >= 11 is 0. The predicted molar refractivity (Wildman–Crippen MR) is 186 cm³/mol. The Bertz CT molecular complexity index is 1200. The Hall–Kier alpha value is -3.14. The van der Waals surface area contributed by atoms with Crippen LogP contribution in [0.2, 0.25) is 0 Å². The molecule has 0 aliphatic heterocycles. The van der Waals surface area contributed by atoms with Crippen LogP contribution in [-0.4, -0.2) is 24.4 Å². The van der Waals surface area contributed by atoms with Crippen molar-refractivity contribution in [2.24, 2.45) is 0 Å². The first-order valence-corrected chi connectivity index (χ1v) is 16.0. The molecule has 0 heterocycles. The van der Waals surface area contributed by atoms with E-state index in [0.29, 0.717) is 17.5 Å². The lowest BCUT2D eigenvalue weighted by Crippen LogP contribution is -1.98. The van der Waals surface area contributed by atoms with E-state index in [1.54, 1.807) is 6.92 Å². The summed E-state index contributed by atoms with van der Waals surface area (Å²) in [7, 11) is 2.90. The van der Waals surface area contributed by atoms with Crippen LogP contribution in [-0.2, 0) is 6.42 Å². The van der Waals surface area contributed by atoms with Gasteiger partial charge in [0.2, 0.25) is 11.5 Å². The second-order valence-electron chi connectivity index (χ2n) is 12.3. The van der Waals surface area contributed by atoms with E-state index < -0.39 is 0 Å². The van der Waals surface area contributed by atoms with Gasteiger partial charge in [-0.1, -0.05) is 69.9 Å². The Balaban J connectivity index is 2.44. The van der Waals surface area contributed by atoms with Crippen LogP contribution in [0, 0.1) is 6.92 Å². The summed E-state index contributed by atoms with van der Waals surface area (Å²) in [5.74, 6) is 0.358. The maximum absolute atomic E-state index is 10.7. The van der Waals surface area contributed by atoms with E-state index in [-0.39, 0.29) is 23.0 Å². The van der Waals surface area contributed by atoms with Gasteiger partial charge in [0.15, 0.2) is 11.5 Å². The average molecular weight is 593 g/mol. The summed E-state index contributed by atoms with van der Waals surface area (Å²) in [6.45, 7) is 17.2. The molecule has 1 rings (SSSR count). The molecule has 1 aromatic carbocycles. The van der Waals surface area contributed by atoms with Crippen molar-refractivity contribution in [3.05, 3.63) is 81.0 Å². The summed E-state index contributed by atoms with van der Waals surface area (Å²) in [4.78, 5) is 0. The highest BCUT2D eigenvalue weighted by molar-refractivity contribution is 5.66. The predicted octanol–water partition coefficient (Wildman–Crippen LogP) is 11.6. The maximum atomic E-state index is 10.7. The van der Waals surface area contributed by atoms with Gasteiger partial charge >= 0.3 is 0 Å². The molecule has 1 aromatic rings. The molecule has 4 heteroatoms. The molecule has 0 aliphatic carbocycles. The van der Waals surface area contributed by atoms with Gasteiger partial charge in [0.25, 0.3) is 0 Å². The van der Waals surface area contributed by atoms with Crippen molar-refractivity contribution in [3.63, 3.8) is 0 Å². The van der Waals surface area contributed by atoms with Crippen molar-refractivity contribution in [2.75, 3.05) is 14.2 Å². The van der Waals surface area contributed by atoms with Gasteiger partial charge in [-0.25, -0.2) is 0 Å². The van der Waals surface area contributed by atoms with Crippen LogP contribution in [0.1, 0.15) is 124 Å². The largest absolute Gasteiger partial charge is 0.504 e. The summed E-state index contributed by atoms with van der Waals surface area (Å²) < 4.78 is 10.5. The van der Waals surface area contributed by atoms with E-state index in [1.807, 2.05) is 0 Å². The topological polar surface area (TPSA) is 58.9 Å². The van der Waals surface area contributed by atoms with Gasteiger partial charge in [-0.05, 0) is 126 Å². The minimum absolute atomic E-state index is 0.00697. The Kier molecular flexibility index (Phi) is 18.2. The molecule has 0 bridgehead atoms. The number of benzene rings is 1. The highest BCUT2D eigenvalue weighted by Gasteiger charge is 2.22. The molecule has 0 aromatic heterocycles. The molecule has 0 spiro atoms. The van der Waals surface area contributed by atoms with Crippen LogP contribution in [0.15, 0.2) is 69.9 Å². The number of phenolic OH excluding ortho intramolecular Hbond substituents is 2. The first kappa shape index (κ1) is 37.9. The van der Waals surface area contributed by atoms with Crippen LogP contribution < -0.4 is 9.47 Å². The lowest BCUT2D eigenvalue weighted by molar-refractivity contribution is 0.314. The van der Waals surface area contributed by atoms with Crippen LogP contribution in [0.3, 0.4) is 0 Å². The Morgan fingerprint density at radius 3 is 1.19 bits per heavy atom. The van der Waals surface area contributed by atoms with Crippen molar-refractivity contribution in [1.82, 2.24) is 0 Å². The molecule has 0 radical (unpaired) electrons. The quantitative estimate of drug-likeness (QED) is 0.124. The molecule has 2 N–H and O–H groups in total. The summed E-state index contributed by atoms with van der Waals surface area (Å²) in [6, 6.07) is 0. The molecule has 0 saturated carbocycles. The standard InChI is InChI=1S/C39H60O4/c1-28(2)16-11-17-29(3)18-12-19-30(4)20-13-21-31(5)22-14-23-32(6)24-15-25-33(7)26-27-35-34(8)36(40)38(42-9)39(43-10)37(35)41/h16,18,20,22,24,26,40-41H,11-15,17,19,21,23,25,27H2,1-10H3/b29-18-,30-20-,31-22+,32-24+,33-26+. The van der Waals surface area contributed by atoms with Gasteiger partial charge in [-0.15, -0.1) is 0 Å². The SMILES string of the molecule is COc1c(O)c(C)c(C/C=C(\C)CC/C=C(\C)CC/C=C(\C)CC/C=C(/C)CC/C=C(/C)CCC=C(C)C)c(O)c1OC. The molecule has 0 fully saturated rings. The molecule has 4 nitrogen and oxygen atoms in total. The zero-order valence-corrected chi connectivity index (χ0v) is 29.0. The zero-order chi connectivity index (χ0) is 32.4. The lowest BCUT2D eigenvalue weighted by Gasteiger charge is -2.17. The fourth-order valence-corrected chi connectivity index (χ4v) is 5.03. The highest BCUT2D eigenvalue weighted by Crippen LogP contribution is 2.48. The van der Waals surface area contributed by atoms with Gasteiger partial charge in [0.05, 0.1) is 14.2 Å². The third kappa shape index (κ3) is 14.7. The normalized spacial score (nSPS) is 13.4. The number of methoxy groups -OCH3 is 2. The van der Waals surface area contributed by atoms with Gasteiger partial charge < -0.3 is 19.7 Å². The molecule has 0 amide bonds. The highest BCUT2D eigenvalue weighted by atomic mass is 16.5. The average Bonchev–Trinajstić information content (AvgIpc) is 2.94. The summed E-state index contributed by atoms with van der Waals surface area (Å²) in [5, 5.41) is 21.1. The fourth-order valence-electron chi connectivity index (χ4n) is 5.03. The molecule has 43 heavy (non-hydrogen) atoms. The van der Waals surface area contributed by atoms with E-state index in [1.165, 1.54) is 54.1 Å². The molecule has 0 saturated heterocycles. The molecular formula is C39H60O4. The number of hydrogen-bond donors (Lipinski definition) is 2. The third-order valence-electron chi connectivity index (χ3n) is 8.01. The Morgan fingerprint density at radius 2 is 0.837 bits per heavy atom. The minimum Gasteiger partial charge on any atom is -0.504 e. The maximum Gasteiger partial charge on any atom is 0.207 e. The molecule has 0 unspecified atom stereocenters. The number of rotatable bonds is 19. The van der Waals surface area contributed by atoms with Crippen molar-refractivity contribution in [1.29, 1.82) is 0 Å². The molecular weight excluding hydrogens is 532 g/mol. The van der Waals surface area contributed by atoms with E-state index in [9.17, 15) is 10.2 Å². The van der Waals surface area contributed by atoms with E-state index in [2.05, 4.69) is 84.9 Å². The van der Waals surface area contributed by atoms with Crippen molar-refractivity contribution in [3.8, 4) is 23.0 Å². The Morgan fingerprint density at radius 1 is 0.512 bits per heavy atom. The van der Waals surface area contributed by atoms with E-state index in [0.717, 1.165) is 57.8 Å². The van der Waals surface area contributed by atoms with E-state index >= 15 is 0 Å². The van der Waals surface area contributed by atoms with Crippen LogP contribution in [0.25, 0.3) is 0 Å². The molecule has 0 atom stereocenters. The number of hydrogen-bond acceptors (Lipinski definition) is 4. The summed E-state index contributed by atoms with van der Waals surface area (Å²) in [6.07, 6.45) is 25.5. The number of phenols is 2. The van der Waals surface area contributed by atoms with Crippen LogP contribution in [0.5, 0.6) is 23.0 Å². The smallest absolute Gasteiger partial charge is 0.207 e. The number of aromatic hydroxyl groups is 2. The van der Waals surface area contributed by atoms with Gasteiger partial charge in [-0.2, -0.15) is 0 Å². The van der Waals surface area contributed by atoms with Crippen molar-refractivity contribution in [2.45, 2.75) is 126 Å². The monoisotopic (exact) mass is 592 g/mol. The Labute approximate surface area is 263 Å². The van der Waals surface area contributed by atoms with Crippen molar-refractivity contribution < 1.29 is 19.7 Å². The summed E-state index contributed by atoms with van der Waals surface area (Å²) in [5.41, 5.74) is 9.82. The third-order valence-corrected chi connectivity index (χ3v) is 8.01. The minimum atomic E-state index is 0.00697. The number of allylic oxidation sites excluding steroid dienone is 12. The fraction of sp³-hybridized carbons (Fsp3) is 0.538. The van der Waals surface area contributed by atoms with Crippen LogP contribution in [0.4, 0.5) is 0 Å².